The quantitative estimate of drug-likeness (QED) is 0.0106. The van der Waals surface area contributed by atoms with Crippen LogP contribution in [-0.2, 0) is 102 Å². The first kappa shape index (κ1) is 103. The molecule has 2 bridgehead atoms. The Morgan fingerprint density at radius 2 is 1.41 bits per heavy atom. The highest BCUT2D eigenvalue weighted by Gasteiger charge is 2.53. The molecule has 1 saturated carbocycles. The number of hydrogen-bond donors (Lipinski definition) is 6. The van der Waals surface area contributed by atoms with Crippen molar-refractivity contribution in [3.05, 3.63) is 143 Å². The largest absolute Gasteiger partial charge is 0.460 e. The number of aliphatic hydroxyl groups excluding tert-OH is 1. The summed E-state index contributed by atoms with van der Waals surface area (Å²) in [7, 11) is 4.48. The van der Waals surface area contributed by atoms with Crippen LogP contribution in [0, 0.1) is 35.5 Å². The Morgan fingerprint density at radius 1 is 0.701 bits per heavy atom. The van der Waals surface area contributed by atoms with E-state index in [9.17, 15) is 48.6 Å². The standard InChI is InChI=1S/C99H133N17O21/c1-60-16-12-11-13-17-61(2)80(127-8)50-74-24-19-66(7)99(126,137-74)89(121)93(123)115-30-15-14-18-76(115)94(124)134-81(51-77(117)62(3)45-65(6)87(120)88(129-10)86(119)64(5)44-60)63(4)46-67-21-25-79(82(48-67)128-9)136-98(125)107-54-69-52-103-96(104-53-69)112-32-34-113(35-33-112)97-105-55-73(56-106-97)92(122)102-29-37-131-39-41-133-43-42-132-40-38-130-36-28-83(118)114-31-27-70-47-68(20-22-72(70)58-114)57-116-91-84(90(100)108-59-109-91)85(111-116)71-23-26-78-75(49-71)110-95(101)135-78/h11-13,16-17,20,22-23,26,45,47,49,52-53,55-56,59-60,62-64,66-67,74,76,79-82,87-88,120,126H,14-15,18-19,21,24-25,27-44,46,48,50-51,54,57-58H2,1-10H3,(H2,101,110)(H,102,122)(H,107,125)(H2,100,108,109)/b13-11+,16-12+,61-17+,65-45+/t60-,62-,63-,64-,66-,67+,74+,76+,79-,80?,81+,82-,87-,88+,99-/m1/s1. The van der Waals surface area contributed by atoms with Crippen LogP contribution in [0.2, 0.25) is 0 Å². The van der Waals surface area contributed by atoms with Gasteiger partial charge >= 0.3 is 12.1 Å². The monoisotopic (exact) mass is 1900 g/mol. The number of allylic oxidation sites excluding steroid dienone is 6. The number of fused-ring (bicyclic) bond motifs is 6. The number of Topliss-reactive ketones (excluding diaryl/α,β-unsaturated/α-hetero) is 3. The van der Waals surface area contributed by atoms with Crippen molar-refractivity contribution in [2.75, 3.05) is 141 Å². The van der Waals surface area contributed by atoms with Crippen LogP contribution < -0.4 is 31.9 Å². The zero-order valence-corrected chi connectivity index (χ0v) is 80.1. The minimum Gasteiger partial charge on any atom is -0.460 e. The van der Waals surface area contributed by atoms with Crippen LogP contribution in [0.15, 0.2) is 120 Å². The second-order valence-corrected chi connectivity index (χ2v) is 36.8. The number of nitrogens with one attached hydrogen (secondary N) is 2. The zero-order valence-electron chi connectivity index (χ0n) is 80.1. The molecule has 740 valence electrons. The fourth-order valence-corrected chi connectivity index (χ4v) is 18.8. The summed E-state index contributed by atoms with van der Waals surface area (Å²) in [5, 5.41) is 35.1. The lowest BCUT2D eigenvalue weighted by atomic mass is 9.78. The van der Waals surface area contributed by atoms with Gasteiger partial charge in [-0.1, -0.05) is 89.3 Å². The number of alkyl carbamates (subject to hydrolysis) is 1. The highest BCUT2D eigenvalue weighted by Crippen LogP contribution is 2.40. The Morgan fingerprint density at radius 3 is 2.12 bits per heavy atom. The average molecular weight is 1900 g/mol. The highest BCUT2D eigenvalue weighted by atomic mass is 16.6. The molecule has 0 radical (unpaired) electrons. The number of nitrogens with zero attached hydrogens (tertiary/aromatic N) is 13. The molecule has 8 N–H and O–H groups in total. The van der Waals surface area contributed by atoms with Gasteiger partial charge in [0.05, 0.1) is 95.1 Å². The first-order valence-electron chi connectivity index (χ1n) is 47.7. The van der Waals surface area contributed by atoms with Gasteiger partial charge in [-0.3, -0.25) is 28.8 Å². The van der Waals surface area contributed by atoms with Gasteiger partial charge in [0.2, 0.25) is 23.6 Å². The predicted octanol–water partition coefficient (Wildman–Crippen LogP) is 8.95. The number of methoxy groups -OCH3 is 3. The van der Waals surface area contributed by atoms with Crippen LogP contribution in [0.1, 0.15) is 165 Å². The van der Waals surface area contributed by atoms with Gasteiger partial charge in [0, 0.05) is 147 Å². The summed E-state index contributed by atoms with van der Waals surface area (Å²) in [4.78, 5) is 151. The van der Waals surface area contributed by atoms with E-state index in [1.54, 1.807) is 66.5 Å². The number of esters is 1. The average Bonchev–Trinajstić information content (AvgIpc) is 1.64. The number of aliphatic hydroxyl groups is 2. The molecule has 5 aromatic heterocycles. The summed E-state index contributed by atoms with van der Waals surface area (Å²) in [5.74, 6) is -7.80. The number of aromatic nitrogens is 9. The molecule has 3 saturated heterocycles. The molecule has 10 heterocycles. The van der Waals surface area contributed by atoms with Gasteiger partial charge in [-0.15, -0.1) is 0 Å². The number of benzene rings is 2. The second-order valence-electron chi connectivity index (χ2n) is 36.8. The number of oxazole rings is 1. The van der Waals surface area contributed by atoms with E-state index in [1.807, 2.05) is 88.7 Å². The fraction of sp³-hybridized carbons (Fsp3) is 0.576. The van der Waals surface area contributed by atoms with Gasteiger partial charge in [-0.25, -0.2) is 44.2 Å². The third kappa shape index (κ3) is 27.1. The van der Waals surface area contributed by atoms with Gasteiger partial charge in [-0.05, 0) is 148 Å². The SMILES string of the molecule is COC1C[C@@H]2CC[C@@H](C)[C@@](O)(O2)C(=O)C(=O)N2CCCC[C@H]2C(=O)O[C@H]([C@H](C)C[C@@H]2CC[C@@H](OC(=O)NCc3cnc(N4CCN(c5ncc(C(=O)NCCOCCOCCOCCOCCC(=O)N6CCc7cc(Cn8nc(-c9ccc%10oc(N)nc%10c9)c9c(N)ncnc98)ccc7C6)cn5)CC4)nc3)[C@H](OC)C2)CC(=O)[C@H](C)/C=C(\C)[C@@H](O)[C@@H](OC)C(=O)[C@H](C)C[C@H](C)/C=C/C=C/C=C/1C. The van der Waals surface area contributed by atoms with Crippen molar-refractivity contribution in [2.24, 2.45) is 35.5 Å². The summed E-state index contributed by atoms with van der Waals surface area (Å²) in [6.07, 6.45) is 17.7. The minimum atomic E-state index is -2.49. The number of carbonyl (C=O) groups is 8. The number of hydrogen-bond acceptors (Lipinski definition) is 33. The number of ketones is 3. The lowest BCUT2D eigenvalue weighted by Gasteiger charge is -2.42. The number of anilines is 4. The molecule has 38 nitrogen and oxygen atoms in total. The Balaban J connectivity index is 0.493. The number of piperidine rings is 1. The molecular weight excluding hydrogens is 1760 g/mol. The molecule has 2 aromatic carbocycles. The van der Waals surface area contributed by atoms with Crippen molar-refractivity contribution in [2.45, 2.75) is 213 Å². The third-order valence-corrected chi connectivity index (χ3v) is 26.9. The number of cyclic esters (lactones) is 1. The van der Waals surface area contributed by atoms with Crippen molar-refractivity contribution < 1.29 is 100 Å². The lowest BCUT2D eigenvalue weighted by molar-refractivity contribution is -0.265. The summed E-state index contributed by atoms with van der Waals surface area (Å²) >= 11 is 0. The molecule has 4 fully saturated rings. The van der Waals surface area contributed by atoms with Gasteiger partial charge < -0.3 is 104 Å². The van der Waals surface area contributed by atoms with E-state index < -0.39 is 102 Å². The first-order chi connectivity index (χ1) is 66.1. The number of amides is 4. The van der Waals surface area contributed by atoms with Crippen molar-refractivity contribution in [1.29, 1.82) is 0 Å². The Kier molecular flexibility index (Phi) is 37.0. The molecule has 15 atom stereocenters. The Labute approximate surface area is 798 Å². The molecule has 13 rings (SSSR count). The van der Waals surface area contributed by atoms with E-state index in [0.29, 0.717) is 205 Å². The number of ether oxygens (including phenoxy) is 10. The zero-order chi connectivity index (χ0) is 97.4. The van der Waals surface area contributed by atoms with Crippen molar-refractivity contribution >= 4 is 93.0 Å². The van der Waals surface area contributed by atoms with Crippen molar-refractivity contribution in [3.63, 3.8) is 0 Å². The summed E-state index contributed by atoms with van der Waals surface area (Å²) in [5.41, 5.74) is 20.8. The molecule has 38 heteroatoms. The van der Waals surface area contributed by atoms with Crippen LogP contribution in [-0.4, -0.2) is 286 Å². The Hall–Kier alpha value is -11.5. The van der Waals surface area contributed by atoms with E-state index in [2.05, 4.69) is 57.7 Å². The van der Waals surface area contributed by atoms with Crippen molar-refractivity contribution in [1.82, 2.24) is 65.1 Å². The second kappa shape index (κ2) is 49.2. The number of rotatable bonds is 30. The fourth-order valence-electron chi connectivity index (χ4n) is 18.8. The lowest BCUT2D eigenvalue weighted by Crippen LogP contribution is -2.61. The number of piperazine rings is 1. The van der Waals surface area contributed by atoms with E-state index in [0.717, 1.165) is 28.7 Å². The number of nitrogen functional groups attached to an aromatic ring is 2. The summed E-state index contributed by atoms with van der Waals surface area (Å²) < 4.78 is 66.2. The third-order valence-electron chi connectivity index (χ3n) is 26.9. The molecule has 5 aliphatic heterocycles. The molecule has 1 aliphatic carbocycles. The Bertz CT molecular complexity index is 5410. The van der Waals surface area contributed by atoms with E-state index in [1.165, 1.54) is 36.3 Å². The maximum Gasteiger partial charge on any atom is 0.407 e. The maximum absolute atomic E-state index is 14.8. The van der Waals surface area contributed by atoms with Crippen LogP contribution >= 0.6 is 0 Å². The normalized spacial score (nSPS) is 26.5. The van der Waals surface area contributed by atoms with Crippen LogP contribution in [0.3, 0.4) is 0 Å². The van der Waals surface area contributed by atoms with Crippen LogP contribution in [0.5, 0.6) is 0 Å². The topological polar surface area (TPSA) is 480 Å². The number of nitrogens with two attached hydrogens (primary N) is 2. The number of carbonyl (C=O) groups excluding carboxylic acids is 8. The van der Waals surface area contributed by atoms with Gasteiger partial charge in [0.15, 0.2) is 17.0 Å². The highest BCUT2D eigenvalue weighted by molar-refractivity contribution is 6.39. The molecule has 7 aromatic rings. The summed E-state index contributed by atoms with van der Waals surface area (Å²) in [6, 6.07) is 10.7. The van der Waals surface area contributed by atoms with E-state index in [-0.39, 0.29) is 99.8 Å². The maximum atomic E-state index is 14.8. The van der Waals surface area contributed by atoms with Crippen LogP contribution in [0.25, 0.3) is 33.4 Å². The van der Waals surface area contributed by atoms with E-state index in [4.69, 9.17) is 68.4 Å². The minimum absolute atomic E-state index is 0.0266. The molecule has 137 heavy (non-hydrogen) atoms. The molecular formula is C99H133N17O21. The van der Waals surface area contributed by atoms with E-state index >= 15 is 0 Å². The molecule has 6 aliphatic rings. The van der Waals surface area contributed by atoms with Gasteiger partial charge in [-0.2, -0.15) is 10.1 Å². The first-order valence-corrected chi connectivity index (χ1v) is 47.7. The van der Waals surface area contributed by atoms with Crippen molar-refractivity contribution in [3.8, 4) is 11.3 Å². The van der Waals surface area contributed by atoms with Gasteiger partial charge in [0.25, 0.3) is 23.6 Å². The molecule has 1 unspecified atom stereocenters. The molecule has 0 spiro atoms. The molecule has 4 amide bonds. The van der Waals surface area contributed by atoms with Crippen LogP contribution in [0.4, 0.5) is 28.5 Å². The predicted molar refractivity (Wildman–Crippen MR) is 507 cm³/mol. The van der Waals surface area contributed by atoms with Gasteiger partial charge in [0.1, 0.15) is 59.6 Å². The smallest absolute Gasteiger partial charge is 0.407 e. The summed E-state index contributed by atoms with van der Waals surface area (Å²) in [6.45, 7) is 19.4.